The van der Waals surface area contributed by atoms with Gasteiger partial charge in [-0.25, -0.2) is 9.78 Å². The number of aromatic nitrogens is 2. The van der Waals surface area contributed by atoms with Crippen LogP contribution in [0, 0.1) is 6.92 Å². The molecule has 2 amide bonds. The molecule has 3 heterocycles. The number of amides is 2. The predicted octanol–water partition coefficient (Wildman–Crippen LogP) is 4.44. The predicted molar refractivity (Wildman–Crippen MR) is 146 cm³/mol. The second kappa shape index (κ2) is 11.8. The second-order valence-corrected chi connectivity index (χ2v) is 10.2. The van der Waals surface area contributed by atoms with Crippen molar-refractivity contribution >= 4 is 11.7 Å². The Morgan fingerprint density at radius 3 is 2.70 bits per heavy atom. The molecule has 1 unspecified atom stereocenters. The minimum absolute atomic E-state index is 0.0540. The molecule has 196 valence electrons. The van der Waals surface area contributed by atoms with Crippen molar-refractivity contribution in [3.8, 4) is 11.4 Å². The van der Waals surface area contributed by atoms with Crippen LogP contribution in [0.5, 0.6) is 5.75 Å². The maximum atomic E-state index is 13.3. The standard InChI is InChI=1S/C29H38N6O2/c1-22-18-35(21-31-22)26-16-23(19-33-13-10-24(20-33)30-2)15-25(17-26)32-29(36)34-12-6-9-28(11-14-34)37-27-7-4-3-5-8-27/h3-5,7-8,15-18,21,24,28,30H,6,9-14,19-20H2,1-2H3,(H,32,36)/t24-,28?/m0/s1. The Bertz CT molecular complexity index is 1180. The van der Waals surface area contributed by atoms with Gasteiger partial charge < -0.3 is 24.8 Å². The maximum absolute atomic E-state index is 13.3. The summed E-state index contributed by atoms with van der Waals surface area (Å²) in [4.78, 5) is 22.1. The first-order valence-electron chi connectivity index (χ1n) is 13.4. The minimum atomic E-state index is -0.0540. The molecule has 37 heavy (non-hydrogen) atoms. The van der Waals surface area contributed by atoms with Crippen LogP contribution in [0.25, 0.3) is 5.69 Å². The van der Waals surface area contributed by atoms with Gasteiger partial charge >= 0.3 is 6.03 Å². The number of para-hydroxylation sites is 1. The first-order valence-corrected chi connectivity index (χ1v) is 13.4. The van der Waals surface area contributed by atoms with Gasteiger partial charge in [0, 0.05) is 62.8 Å². The zero-order valence-corrected chi connectivity index (χ0v) is 21.9. The number of nitrogens with one attached hydrogen (secondary N) is 2. The lowest BCUT2D eigenvalue weighted by Gasteiger charge is -2.22. The van der Waals surface area contributed by atoms with Crippen LogP contribution in [0.1, 0.15) is 36.9 Å². The number of rotatable bonds is 7. The van der Waals surface area contributed by atoms with Crippen LogP contribution < -0.4 is 15.4 Å². The molecule has 2 N–H and O–H groups in total. The number of likely N-dealkylation sites (N-methyl/N-ethyl adjacent to an activating group) is 1. The number of aryl methyl sites for hydroxylation is 1. The molecule has 5 rings (SSSR count). The Morgan fingerprint density at radius 1 is 1.08 bits per heavy atom. The van der Waals surface area contributed by atoms with Crippen molar-refractivity contribution in [2.45, 2.75) is 51.3 Å². The van der Waals surface area contributed by atoms with E-state index in [1.54, 1.807) is 0 Å². The van der Waals surface area contributed by atoms with Crippen molar-refractivity contribution in [2.75, 3.05) is 38.5 Å². The van der Waals surface area contributed by atoms with Gasteiger partial charge in [0.25, 0.3) is 0 Å². The normalized spacial score (nSPS) is 20.5. The maximum Gasteiger partial charge on any atom is 0.321 e. The second-order valence-electron chi connectivity index (χ2n) is 10.2. The van der Waals surface area contributed by atoms with Gasteiger partial charge in [0.2, 0.25) is 0 Å². The van der Waals surface area contributed by atoms with Crippen LogP contribution in [0.15, 0.2) is 61.1 Å². The number of carbonyl (C=O) groups excluding carboxylic acids is 1. The SMILES string of the molecule is CN[C@H]1CCN(Cc2cc(NC(=O)N3CCCC(Oc4ccccc4)CC3)cc(-n3cnc(C)c3)c2)C1. The molecule has 8 heteroatoms. The summed E-state index contributed by atoms with van der Waals surface area (Å²) < 4.78 is 8.19. The molecular formula is C29H38N6O2. The lowest BCUT2D eigenvalue weighted by Crippen LogP contribution is -2.36. The number of hydrogen-bond acceptors (Lipinski definition) is 5. The van der Waals surface area contributed by atoms with E-state index in [-0.39, 0.29) is 12.1 Å². The zero-order chi connectivity index (χ0) is 25.6. The lowest BCUT2D eigenvalue weighted by molar-refractivity contribution is 0.180. The van der Waals surface area contributed by atoms with Crippen LogP contribution in [0.4, 0.5) is 10.5 Å². The highest BCUT2D eigenvalue weighted by atomic mass is 16.5. The van der Waals surface area contributed by atoms with E-state index in [9.17, 15) is 4.79 Å². The third kappa shape index (κ3) is 6.70. The van der Waals surface area contributed by atoms with Gasteiger partial charge in [-0.15, -0.1) is 0 Å². The van der Waals surface area contributed by atoms with Crippen LogP contribution in [0.3, 0.4) is 0 Å². The average molecular weight is 503 g/mol. The van der Waals surface area contributed by atoms with Crippen molar-refractivity contribution in [3.05, 3.63) is 72.3 Å². The molecule has 0 aliphatic carbocycles. The molecule has 2 fully saturated rings. The summed E-state index contributed by atoms with van der Waals surface area (Å²) in [6, 6.07) is 16.8. The van der Waals surface area contributed by atoms with Gasteiger partial charge in [-0.3, -0.25) is 4.90 Å². The van der Waals surface area contributed by atoms with Crippen LogP contribution >= 0.6 is 0 Å². The van der Waals surface area contributed by atoms with E-state index in [0.717, 1.165) is 74.7 Å². The third-order valence-corrected chi connectivity index (χ3v) is 7.33. The summed E-state index contributed by atoms with van der Waals surface area (Å²) in [5.41, 5.74) is 3.96. The van der Waals surface area contributed by atoms with E-state index in [4.69, 9.17) is 4.74 Å². The lowest BCUT2D eigenvalue weighted by atomic mass is 10.1. The smallest absolute Gasteiger partial charge is 0.321 e. The first kappa shape index (κ1) is 25.3. The number of imidazole rings is 1. The van der Waals surface area contributed by atoms with Crippen molar-refractivity contribution in [1.82, 2.24) is 24.7 Å². The number of hydrogen-bond donors (Lipinski definition) is 2. The monoisotopic (exact) mass is 502 g/mol. The number of nitrogens with zero attached hydrogens (tertiary/aromatic N) is 4. The van der Waals surface area contributed by atoms with E-state index in [0.29, 0.717) is 12.6 Å². The highest BCUT2D eigenvalue weighted by Gasteiger charge is 2.23. The Kier molecular flexibility index (Phi) is 8.06. The van der Waals surface area contributed by atoms with Gasteiger partial charge in [0.15, 0.2) is 0 Å². The molecule has 0 spiro atoms. The molecule has 0 radical (unpaired) electrons. The summed E-state index contributed by atoms with van der Waals surface area (Å²) in [6.07, 6.45) is 7.82. The molecule has 1 aromatic heterocycles. The van der Waals surface area contributed by atoms with Gasteiger partial charge in [0.1, 0.15) is 11.9 Å². The van der Waals surface area contributed by atoms with Gasteiger partial charge in [-0.05, 0) is 69.1 Å². The van der Waals surface area contributed by atoms with Crippen molar-refractivity contribution in [2.24, 2.45) is 0 Å². The fraction of sp³-hybridized carbons (Fsp3) is 0.448. The van der Waals surface area contributed by atoms with Gasteiger partial charge in [0.05, 0.1) is 12.0 Å². The quantitative estimate of drug-likeness (QED) is 0.500. The molecule has 2 aliphatic rings. The Morgan fingerprint density at radius 2 is 1.95 bits per heavy atom. The molecule has 3 aromatic rings. The van der Waals surface area contributed by atoms with E-state index in [2.05, 4.69) is 32.7 Å². The molecule has 2 atom stereocenters. The van der Waals surface area contributed by atoms with E-state index < -0.39 is 0 Å². The first-order chi connectivity index (χ1) is 18.1. The van der Waals surface area contributed by atoms with Crippen molar-refractivity contribution < 1.29 is 9.53 Å². The number of likely N-dealkylation sites (tertiary alicyclic amines) is 2. The summed E-state index contributed by atoms with van der Waals surface area (Å²) in [6.45, 7) is 6.35. The minimum Gasteiger partial charge on any atom is -0.490 e. The Balaban J connectivity index is 1.27. The largest absolute Gasteiger partial charge is 0.490 e. The van der Waals surface area contributed by atoms with E-state index >= 15 is 0 Å². The molecule has 0 saturated carbocycles. The summed E-state index contributed by atoms with van der Waals surface area (Å²) in [5.74, 6) is 0.892. The van der Waals surface area contributed by atoms with Crippen LogP contribution in [0.2, 0.25) is 0 Å². The topological polar surface area (TPSA) is 74.7 Å². The summed E-state index contributed by atoms with van der Waals surface area (Å²) in [7, 11) is 2.03. The zero-order valence-electron chi connectivity index (χ0n) is 21.9. The number of urea groups is 1. The number of anilines is 1. The fourth-order valence-electron chi connectivity index (χ4n) is 5.30. The number of benzene rings is 2. The van der Waals surface area contributed by atoms with Crippen LogP contribution in [-0.4, -0.2) is 70.8 Å². The molecule has 0 bridgehead atoms. The van der Waals surface area contributed by atoms with Crippen molar-refractivity contribution in [3.63, 3.8) is 0 Å². The number of carbonyl (C=O) groups is 1. The molecule has 2 aliphatic heterocycles. The molecule has 8 nitrogen and oxygen atoms in total. The van der Waals surface area contributed by atoms with Crippen molar-refractivity contribution in [1.29, 1.82) is 0 Å². The molecular weight excluding hydrogens is 464 g/mol. The Labute approximate surface area is 219 Å². The highest BCUT2D eigenvalue weighted by molar-refractivity contribution is 5.89. The van der Waals surface area contributed by atoms with E-state index in [1.807, 2.05) is 72.4 Å². The van der Waals surface area contributed by atoms with Crippen LogP contribution in [-0.2, 0) is 6.54 Å². The Hall–Kier alpha value is -3.36. The van der Waals surface area contributed by atoms with Gasteiger partial charge in [-0.2, -0.15) is 0 Å². The average Bonchev–Trinajstić information content (AvgIpc) is 3.48. The number of ether oxygens (including phenoxy) is 1. The summed E-state index contributed by atoms with van der Waals surface area (Å²) >= 11 is 0. The third-order valence-electron chi connectivity index (χ3n) is 7.33. The van der Waals surface area contributed by atoms with Gasteiger partial charge in [-0.1, -0.05) is 18.2 Å². The fourth-order valence-corrected chi connectivity index (χ4v) is 5.30. The molecule has 2 aromatic carbocycles. The van der Waals surface area contributed by atoms with E-state index in [1.165, 1.54) is 5.56 Å². The summed E-state index contributed by atoms with van der Waals surface area (Å²) in [5, 5.41) is 6.58. The molecule has 2 saturated heterocycles. The highest BCUT2D eigenvalue weighted by Crippen LogP contribution is 2.24.